The van der Waals surface area contributed by atoms with Crippen LogP contribution in [0.15, 0.2) is 50.5 Å². The first-order chi connectivity index (χ1) is 13.0. The molecule has 1 aromatic heterocycles. The average Bonchev–Trinajstić information content (AvgIpc) is 2.66. The van der Waals surface area contributed by atoms with E-state index in [1.165, 1.54) is 6.07 Å². The van der Waals surface area contributed by atoms with Gasteiger partial charge in [-0.25, -0.2) is 9.59 Å². The van der Waals surface area contributed by atoms with Crippen molar-refractivity contribution in [2.24, 2.45) is 0 Å². The summed E-state index contributed by atoms with van der Waals surface area (Å²) in [6, 6.07) is 10.7. The van der Waals surface area contributed by atoms with Gasteiger partial charge in [0.25, 0.3) is 0 Å². The van der Waals surface area contributed by atoms with Crippen LogP contribution in [0.2, 0.25) is 0 Å². The van der Waals surface area contributed by atoms with E-state index in [1.54, 1.807) is 0 Å². The second-order valence-electron chi connectivity index (χ2n) is 6.54. The number of carboxylic acid groups (broad SMARTS) is 1. The molecule has 2 N–H and O–H groups in total. The first-order valence-corrected chi connectivity index (χ1v) is 9.95. The summed E-state index contributed by atoms with van der Waals surface area (Å²) in [5, 5.41) is 19.7. The molecule has 0 amide bonds. The van der Waals surface area contributed by atoms with Crippen LogP contribution in [0.1, 0.15) is 49.5 Å². The van der Waals surface area contributed by atoms with E-state index in [2.05, 4.69) is 0 Å². The molecule has 7 heteroatoms. The second-order valence-corrected chi connectivity index (χ2v) is 7.52. The molecule has 6 nitrogen and oxygen atoms in total. The molecule has 27 heavy (non-hydrogen) atoms. The summed E-state index contributed by atoms with van der Waals surface area (Å²) in [6.45, 7) is 0. The first-order valence-electron chi connectivity index (χ1n) is 8.96. The van der Waals surface area contributed by atoms with E-state index in [9.17, 15) is 19.8 Å². The quantitative estimate of drug-likeness (QED) is 0.687. The Bertz CT molecular complexity index is 826. The molecule has 0 saturated heterocycles. The first kappa shape index (κ1) is 19.5. The molecular weight excluding hydrogens is 368 g/mol. The molecule has 3 rings (SSSR count). The lowest BCUT2D eigenvalue weighted by atomic mass is 9.97. The fraction of sp³-hybridized carbons (Fsp3) is 0.400. The van der Waals surface area contributed by atoms with Crippen molar-refractivity contribution in [1.29, 1.82) is 0 Å². The second kappa shape index (κ2) is 9.10. The van der Waals surface area contributed by atoms with Gasteiger partial charge in [0.1, 0.15) is 10.6 Å². The van der Waals surface area contributed by atoms with Gasteiger partial charge < -0.3 is 19.4 Å². The number of aromatic hydroxyl groups is 1. The van der Waals surface area contributed by atoms with E-state index in [1.807, 2.05) is 30.3 Å². The van der Waals surface area contributed by atoms with Gasteiger partial charge in [0.15, 0.2) is 5.76 Å². The van der Waals surface area contributed by atoms with E-state index < -0.39 is 17.7 Å². The minimum absolute atomic E-state index is 0.0596. The van der Waals surface area contributed by atoms with Crippen LogP contribution in [0.5, 0.6) is 5.75 Å². The van der Waals surface area contributed by atoms with Crippen LogP contribution in [0.3, 0.4) is 0 Å². The normalized spacial score (nSPS) is 16.1. The molecule has 1 aliphatic carbocycles. The Kier molecular flexibility index (Phi) is 6.58. The van der Waals surface area contributed by atoms with Crippen molar-refractivity contribution in [1.82, 2.24) is 0 Å². The van der Waals surface area contributed by atoms with Crippen molar-refractivity contribution in [2.45, 2.75) is 55.0 Å². The van der Waals surface area contributed by atoms with Crippen LogP contribution in [0, 0.1) is 0 Å². The summed E-state index contributed by atoms with van der Waals surface area (Å²) >= 11 is 1.15. The van der Waals surface area contributed by atoms with E-state index in [4.69, 9.17) is 9.15 Å². The summed E-state index contributed by atoms with van der Waals surface area (Å²) in [6.07, 6.45) is 3.07. The van der Waals surface area contributed by atoms with Crippen molar-refractivity contribution in [2.75, 3.05) is 0 Å². The van der Waals surface area contributed by atoms with E-state index in [0.717, 1.165) is 49.4 Å². The van der Waals surface area contributed by atoms with Gasteiger partial charge in [0.05, 0.1) is 6.10 Å². The zero-order valence-corrected chi connectivity index (χ0v) is 15.6. The van der Waals surface area contributed by atoms with Gasteiger partial charge in [-0.2, -0.15) is 0 Å². The highest BCUT2D eigenvalue weighted by atomic mass is 32.2. The maximum Gasteiger partial charge on any atom is 0.353 e. The molecule has 1 unspecified atom stereocenters. The highest BCUT2D eigenvalue weighted by molar-refractivity contribution is 7.98. The Morgan fingerprint density at radius 2 is 1.93 bits per heavy atom. The molecule has 1 aromatic carbocycles. The summed E-state index contributed by atoms with van der Waals surface area (Å²) in [7, 11) is 0. The topological polar surface area (TPSA) is 97.0 Å². The number of carboxylic acids is 1. The van der Waals surface area contributed by atoms with Crippen molar-refractivity contribution >= 4 is 17.7 Å². The number of hydrogen-bond donors (Lipinski definition) is 2. The molecule has 2 aromatic rings. The lowest BCUT2D eigenvalue weighted by molar-refractivity contribution is -0.158. The molecule has 144 valence electrons. The van der Waals surface area contributed by atoms with Gasteiger partial charge in [-0.3, -0.25) is 0 Å². The summed E-state index contributed by atoms with van der Waals surface area (Å²) in [4.78, 5) is 24.0. The highest BCUT2D eigenvalue weighted by Gasteiger charge is 2.29. The third-order valence-corrected chi connectivity index (χ3v) is 5.64. The molecule has 0 bridgehead atoms. The van der Waals surface area contributed by atoms with Crippen LogP contribution in [0.25, 0.3) is 0 Å². The van der Waals surface area contributed by atoms with Gasteiger partial charge in [-0.05, 0) is 18.4 Å². The maximum absolute atomic E-state index is 12.3. The number of aliphatic carboxylic acids is 1. The van der Waals surface area contributed by atoms with Gasteiger partial charge in [-0.15, -0.1) is 11.8 Å². The minimum Gasteiger partial charge on any atom is -0.506 e. The SMILES string of the molecule is O=C(O)C(OC1CCCCC1)c1cc(O)c(SCc2ccccc2)c(=O)o1. The predicted molar refractivity (Wildman–Crippen MR) is 101 cm³/mol. The lowest BCUT2D eigenvalue weighted by Gasteiger charge is -2.25. The largest absolute Gasteiger partial charge is 0.506 e. The Balaban J connectivity index is 1.77. The van der Waals surface area contributed by atoms with Crippen LogP contribution < -0.4 is 5.63 Å². The summed E-state index contributed by atoms with van der Waals surface area (Å²) in [5.41, 5.74) is 0.235. The standard InChI is InChI=1S/C20H22O6S/c21-15-11-16(17(19(22)23)25-14-9-5-2-6-10-14)26-20(24)18(15)27-12-13-7-3-1-4-8-13/h1,3-4,7-8,11,14,17,21H,2,5-6,9-10,12H2,(H,22,23). The number of ether oxygens (including phenoxy) is 1. The van der Waals surface area contributed by atoms with Gasteiger partial charge in [-0.1, -0.05) is 49.6 Å². The Labute approximate surface area is 161 Å². The van der Waals surface area contributed by atoms with E-state index in [0.29, 0.717) is 5.75 Å². The number of carbonyl (C=O) groups is 1. The number of rotatable bonds is 7. The third kappa shape index (κ3) is 5.14. The maximum atomic E-state index is 12.3. The van der Waals surface area contributed by atoms with Crippen molar-refractivity contribution < 1.29 is 24.2 Å². The molecule has 1 aliphatic rings. The fourth-order valence-electron chi connectivity index (χ4n) is 3.12. The fourth-order valence-corrected chi connectivity index (χ4v) is 3.99. The zero-order valence-electron chi connectivity index (χ0n) is 14.8. The average molecular weight is 390 g/mol. The van der Waals surface area contributed by atoms with Gasteiger partial charge in [0, 0.05) is 11.8 Å². The number of benzene rings is 1. The molecule has 0 spiro atoms. The van der Waals surface area contributed by atoms with E-state index in [-0.39, 0.29) is 22.5 Å². The summed E-state index contributed by atoms with van der Waals surface area (Å²) < 4.78 is 10.9. The molecule has 0 aliphatic heterocycles. The van der Waals surface area contributed by atoms with Gasteiger partial charge in [0.2, 0.25) is 6.10 Å². The minimum atomic E-state index is -1.40. The Morgan fingerprint density at radius 3 is 2.56 bits per heavy atom. The monoisotopic (exact) mass is 390 g/mol. The van der Waals surface area contributed by atoms with Gasteiger partial charge >= 0.3 is 11.6 Å². The lowest BCUT2D eigenvalue weighted by Crippen LogP contribution is -2.25. The molecule has 1 heterocycles. The predicted octanol–water partition coefficient (Wildman–Crippen LogP) is 4.11. The van der Waals surface area contributed by atoms with Crippen LogP contribution >= 0.6 is 11.8 Å². The molecule has 1 saturated carbocycles. The Hall–Kier alpha value is -2.25. The smallest absolute Gasteiger partial charge is 0.353 e. The van der Waals surface area contributed by atoms with Crippen LogP contribution in [0.4, 0.5) is 0 Å². The van der Waals surface area contributed by atoms with Crippen molar-refractivity contribution in [3.8, 4) is 5.75 Å². The number of thioether (sulfide) groups is 1. The van der Waals surface area contributed by atoms with Crippen LogP contribution in [-0.2, 0) is 15.3 Å². The van der Waals surface area contributed by atoms with Crippen molar-refractivity contribution in [3.05, 3.63) is 58.1 Å². The zero-order chi connectivity index (χ0) is 19.2. The van der Waals surface area contributed by atoms with Crippen molar-refractivity contribution in [3.63, 3.8) is 0 Å². The molecular formula is C20H22O6S. The third-order valence-electron chi connectivity index (χ3n) is 4.50. The van der Waals surface area contributed by atoms with E-state index >= 15 is 0 Å². The van der Waals surface area contributed by atoms with Crippen LogP contribution in [-0.4, -0.2) is 22.3 Å². The molecule has 1 atom stereocenters. The summed E-state index contributed by atoms with van der Waals surface area (Å²) in [5.74, 6) is -1.23. The highest BCUT2D eigenvalue weighted by Crippen LogP contribution is 2.32. The Morgan fingerprint density at radius 1 is 1.22 bits per heavy atom. The molecule has 0 radical (unpaired) electrons. The number of hydrogen-bond acceptors (Lipinski definition) is 6. The molecule has 1 fully saturated rings.